The Morgan fingerprint density at radius 3 is 2.56 bits per heavy atom. The van der Waals surface area contributed by atoms with Gasteiger partial charge in [0, 0.05) is 6.42 Å². The van der Waals surface area contributed by atoms with Crippen LogP contribution in [0.25, 0.3) is 0 Å². The normalized spacial score (nSPS) is 29.8. The lowest BCUT2D eigenvalue weighted by Gasteiger charge is -2.13. The van der Waals surface area contributed by atoms with Gasteiger partial charge in [-0.1, -0.05) is 18.2 Å². The van der Waals surface area contributed by atoms with Gasteiger partial charge in [0.05, 0.1) is 14.2 Å². The second kappa shape index (κ2) is 4.28. The molecule has 2 atom stereocenters. The summed E-state index contributed by atoms with van der Waals surface area (Å²) < 4.78 is 15.7. The molecule has 1 aromatic rings. The van der Waals surface area contributed by atoms with Gasteiger partial charge >= 0.3 is 5.97 Å². The van der Waals surface area contributed by atoms with E-state index in [0.29, 0.717) is 6.42 Å². The quantitative estimate of drug-likeness (QED) is 0.605. The number of epoxide rings is 1. The van der Waals surface area contributed by atoms with Crippen LogP contribution in [0.2, 0.25) is 0 Å². The largest absolute Gasteiger partial charge is 0.496 e. The Morgan fingerprint density at radius 1 is 1.28 bits per heavy atom. The first-order valence-corrected chi connectivity index (χ1v) is 5.87. The molecule has 1 aromatic carbocycles. The second-order valence-corrected chi connectivity index (χ2v) is 4.85. The van der Waals surface area contributed by atoms with Crippen LogP contribution in [-0.4, -0.2) is 31.4 Å². The van der Waals surface area contributed by atoms with Crippen LogP contribution in [-0.2, 0) is 20.7 Å². The van der Waals surface area contributed by atoms with Gasteiger partial charge in [-0.2, -0.15) is 0 Å². The fourth-order valence-corrected chi connectivity index (χ4v) is 2.29. The predicted molar refractivity (Wildman–Crippen MR) is 66.6 cm³/mol. The van der Waals surface area contributed by atoms with Crippen molar-refractivity contribution in [2.75, 3.05) is 14.2 Å². The van der Waals surface area contributed by atoms with Crippen LogP contribution in [0.1, 0.15) is 19.4 Å². The molecular formula is C14H18O4. The van der Waals surface area contributed by atoms with E-state index in [-0.39, 0.29) is 5.97 Å². The molecule has 0 aliphatic carbocycles. The van der Waals surface area contributed by atoms with Gasteiger partial charge in [0.1, 0.15) is 11.4 Å². The molecular weight excluding hydrogens is 232 g/mol. The van der Waals surface area contributed by atoms with E-state index in [2.05, 4.69) is 0 Å². The van der Waals surface area contributed by atoms with E-state index in [4.69, 9.17) is 14.2 Å². The minimum atomic E-state index is -0.859. The molecule has 0 spiro atoms. The van der Waals surface area contributed by atoms with E-state index in [9.17, 15) is 4.79 Å². The van der Waals surface area contributed by atoms with Gasteiger partial charge in [0.25, 0.3) is 0 Å². The van der Waals surface area contributed by atoms with Crippen LogP contribution >= 0.6 is 0 Å². The number of carbonyl (C=O) groups excluding carboxylic acids is 1. The van der Waals surface area contributed by atoms with Crippen molar-refractivity contribution >= 4 is 5.97 Å². The van der Waals surface area contributed by atoms with Crippen molar-refractivity contribution in [3.8, 4) is 5.75 Å². The van der Waals surface area contributed by atoms with Crippen molar-refractivity contribution in [3.63, 3.8) is 0 Å². The van der Waals surface area contributed by atoms with Crippen molar-refractivity contribution in [2.24, 2.45) is 0 Å². The number of hydrogen-bond donors (Lipinski definition) is 0. The molecule has 1 saturated heterocycles. The number of para-hydroxylation sites is 1. The highest BCUT2D eigenvalue weighted by atomic mass is 16.7. The highest BCUT2D eigenvalue weighted by Gasteiger charge is 2.69. The Balaban J connectivity index is 2.19. The first-order valence-electron chi connectivity index (χ1n) is 5.87. The maximum Gasteiger partial charge on any atom is 0.340 e. The minimum Gasteiger partial charge on any atom is -0.496 e. The molecule has 1 aliphatic rings. The van der Waals surface area contributed by atoms with Crippen molar-refractivity contribution in [2.45, 2.75) is 31.5 Å². The molecule has 98 valence electrons. The molecule has 2 unspecified atom stereocenters. The lowest BCUT2D eigenvalue weighted by atomic mass is 9.89. The zero-order chi connectivity index (χ0) is 13.4. The van der Waals surface area contributed by atoms with E-state index in [0.717, 1.165) is 11.3 Å². The molecule has 0 N–H and O–H groups in total. The molecule has 1 heterocycles. The van der Waals surface area contributed by atoms with E-state index < -0.39 is 11.2 Å². The van der Waals surface area contributed by atoms with Gasteiger partial charge < -0.3 is 14.2 Å². The third kappa shape index (κ3) is 1.86. The van der Waals surface area contributed by atoms with Crippen LogP contribution in [0.3, 0.4) is 0 Å². The third-order valence-electron chi connectivity index (χ3n) is 3.69. The molecule has 0 bridgehead atoms. The molecule has 2 rings (SSSR count). The molecule has 0 radical (unpaired) electrons. The summed E-state index contributed by atoms with van der Waals surface area (Å²) in [6.45, 7) is 3.67. The Bertz CT molecular complexity index is 471. The molecule has 1 aliphatic heterocycles. The lowest BCUT2D eigenvalue weighted by Crippen LogP contribution is -2.32. The molecule has 18 heavy (non-hydrogen) atoms. The molecule has 4 nitrogen and oxygen atoms in total. The Morgan fingerprint density at radius 2 is 1.94 bits per heavy atom. The molecule has 1 fully saturated rings. The summed E-state index contributed by atoms with van der Waals surface area (Å²) >= 11 is 0. The van der Waals surface area contributed by atoms with E-state index in [1.807, 2.05) is 31.2 Å². The van der Waals surface area contributed by atoms with Gasteiger partial charge in [-0.3, -0.25) is 0 Å². The fourth-order valence-electron chi connectivity index (χ4n) is 2.29. The lowest BCUT2D eigenvalue weighted by molar-refractivity contribution is -0.146. The monoisotopic (exact) mass is 250 g/mol. The summed E-state index contributed by atoms with van der Waals surface area (Å²) in [5.74, 6) is 0.473. The van der Waals surface area contributed by atoms with Gasteiger partial charge in [-0.15, -0.1) is 0 Å². The smallest absolute Gasteiger partial charge is 0.340 e. The number of methoxy groups -OCH3 is 2. The summed E-state index contributed by atoms with van der Waals surface area (Å²) in [4.78, 5) is 11.7. The first kappa shape index (κ1) is 12.9. The maximum absolute atomic E-state index is 11.7. The average Bonchev–Trinajstić information content (AvgIpc) is 2.92. The van der Waals surface area contributed by atoms with Crippen LogP contribution in [0.5, 0.6) is 5.75 Å². The Labute approximate surface area is 107 Å². The number of esters is 1. The number of ether oxygens (including phenoxy) is 3. The average molecular weight is 250 g/mol. The van der Waals surface area contributed by atoms with Crippen LogP contribution < -0.4 is 4.74 Å². The standard InChI is InChI=1S/C14H18O4/c1-13(14(2,18-13)12(15)17-4)9-10-7-5-6-8-11(10)16-3/h5-8H,9H2,1-4H3. The summed E-state index contributed by atoms with van der Waals surface area (Å²) in [5.41, 5.74) is -0.368. The molecule has 0 aromatic heterocycles. The zero-order valence-electron chi connectivity index (χ0n) is 11.1. The highest BCUT2D eigenvalue weighted by molar-refractivity contribution is 5.84. The van der Waals surface area contributed by atoms with Crippen molar-refractivity contribution in [3.05, 3.63) is 29.8 Å². The SMILES string of the molecule is COC(=O)C1(C)OC1(C)Cc1ccccc1OC. The fraction of sp³-hybridized carbons (Fsp3) is 0.500. The molecule has 0 amide bonds. The van der Waals surface area contributed by atoms with Crippen LogP contribution in [0.15, 0.2) is 24.3 Å². The van der Waals surface area contributed by atoms with Crippen molar-refractivity contribution in [1.82, 2.24) is 0 Å². The highest BCUT2D eigenvalue weighted by Crippen LogP contribution is 2.51. The Kier molecular flexibility index (Phi) is 3.07. The number of benzene rings is 1. The second-order valence-electron chi connectivity index (χ2n) is 4.85. The third-order valence-corrected chi connectivity index (χ3v) is 3.69. The van der Waals surface area contributed by atoms with Crippen molar-refractivity contribution < 1.29 is 19.0 Å². The van der Waals surface area contributed by atoms with Crippen LogP contribution in [0.4, 0.5) is 0 Å². The number of carbonyl (C=O) groups is 1. The predicted octanol–water partition coefficient (Wildman–Crippen LogP) is 1.96. The van der Waals surface area contributed by atoms with Crippen molar-refractivity contribution in [1.29, 1.82) is 0 Å². The summed E-state index contributed by atoms with van der Waals surface area (Å²) in [6.07, 6.45) is 0.614. The number of rotatable bonds is 4. The Hall–Kier alpha value is -1.55. The minimum absolute atomic E-state index is 0.333. The zero-order valence-corrected chi connectivity index (χ0v) is 11.1. The first-order chi connectivity index (χ1) is 8.47. The van der Waals surface area contributed by atoms with Crippen LogP contribution in [0, 0.1) is 0 Å². The topological polar surface area (TPSA) is 48.1 Å². The van der Waals surface area contributed by atoms with Gasteiger partial charge in [-0.05, 0) is 25.5 Å². The van der Waals surface area contributed by atoms with Gasteiger partial charge in [0.15, 0.2) is 5.60 Å². The van der Waals surface area contributed by atoms with Gasteiger partial charge in [0.2, 0.25) is 0 Å². The summed E-state index contributed by atoms with van der Waals surface area (Å²) in [5, 5.41) is 0. The van der Waals surface area contributed by atoms with Gasteiger partial charge in [-0.25, -0.2) is 4.79 Å². The van der Waals surface area contributed by atoms with E-state index in [1.54, 1.807) is 14.0 Å². The van der Waals surface area contributed by atoms with E-state index >= 15 is 0 Å². The molecule has 4 heteroatoms. The summed E-state index contributed by atoms with van der Waals surface area (Å²) in [6, 6.07) is 7.73. The number of hydrogen-bond acceptors (Lipinski definition) is 4. The van der Waals surface area contributed by atoms with E-state index in [1.165, 1.54) is 7.11 Å². The summed E-state index contributed by atoms with van der Waals surface area (Å²) in [7, 11) is 3.01. The maximum atomic E-state index is 11.7. The molecule has 0 saturated carbocycles.